The Balaban J connectivity index is 1.84. The molecule has 0 aromatic heterocycles. The van der Waals surface area contributed by atoms with Crippen molar-refractivity contribution in [2.45, 2.75) is 0 Å². The van der Waals surface area contributed by atoms with Crippen molar-refractivity contribution < 1.29 is 24.2 Å². The van der Waals surface area contributed by atoms with Crippen molar-refractivity contribution in [2.75, 3.05) is 13.7 Å². The highest BCUT2D eigenvalue weighted by atomic mass is 127. The maximum absolute atomic E-state index is 12.7. The molecule has 3 aromatic rings. The Morgan fingerprint density at radius 3 is 2.57 bits per heavy atom. The largest absolute Gasteiger partial charge is 0.496 e. The molecule has 30 heavy (non-hydrogen) atoms. The number of hydrogen-bond donors (Lipinski definition) is 2. The lowest BCUT2D eigenvalue weighted by molar-refractivity contribution is -0.139. The van der Waals surface area contributed by atoms with Crippen molar-refractivity contribution in [1.82, 2.24) is 5.43 Å². The van der Waals surface area contributed by atoms with Crippen LogP contribution in [0.4, 0.5) is 0 Å². The summed E-state index contributed by atoms with van der Waals surface area (Å²) < 4.78 is 12.1. The minimum Gasteiger partial charge on any atom is -0.496 e. The molecule has 0 atom stereocenters. The zero-order valence-electron chi connectivity index (χ0n) is 15.7. The van der Waals surface area contributed by atoms with E-state index in [2.05, 4.69) is 49.0 Å². The van der Waals surface area contributed by atoms with Crippen molar-refractivity contribution in [1.29, 1.82) is 0 Å². The number of hydrogen-bond acceptors (Lipinski definition) is 5. The number of carboxylic acids is 1. The van der Waals surface area contributed by atoms with Crippen LogP contribution in [0, 0.1) is 3.57 Å². The Hall–Kier alpha value is -2.66. The van der Waals surface area contributed by atoms with Gasteiger partial charge in [0.15, 0.2) is 6.61 Å². The van der Waals surface area contributed by atoms with Gasteiger partial charge in [-0.15, -0.1) is 0 Å². The Bertz CT molecular complexity index is 1150. The monoisotopic (exact) mass is 582 g/mol. The van der Waals surface area contributed by atoms with Crippen molar-refractivity contribution in [3.8, 4) is 11.5 Å². The van der Waals surface area contributed by atoms with Gasteiger partial charge >= 0.3 is 5.97 Å². The van der Waals surface area contributed by atoms with Crippen LogP contribution in [0.3, 0.4) is 0 Å². The van der Waals surface area contributed by atoms with E-state index in [1.807, 2.05) is 24.3 Å². The second-order valence-electron chi connectivity index (χ2n) is 6.09. The minimum atomic E-state index is -1.10. The van der Waals surface area contributed by atoms with Crippen LogP contribution in [0.2, 0.25) is 0 Å². The molecule has 9 heteroatoms. The zero-order chi connectivity index (χ0) is 21.7. The van der Waals surface area contributed by atoms with Crippen molar-refractivity contribution in [2.24, 2.45) is 5.10 Å². The molecule has 154 valence electrons. The summed E-state index contributed by atoms with van der Waals surface area (Å²) in [6.45, 7) is -0.499. The van der Waals surface area contributed by atoms with Crippen LogP contribution in [-0.2, 0) is 4.79 Å². The van der Waals surface area contributed by atoms with E-state index in [-0.39, 0.29) is 0 Å². The summed E-state index contributed by atoms with van der Waals surface area (Å²) >= 11 is 5.47. The standard InChI is InChI=1S/C21H16BrIN2O5/c1-29-18-8-13-5-3-2-4-12(13)7-16(18)21(28)25-24-10-14-6-15(23)9-17(22)20(14)30-11-19(26)27/h2-10H,11H2,1H3,(H,25,28)(H,26,27)/b24-10-. The third-order valence-corrected chi connectivity index (χ3v) is 5.27. The van der Waals surface area contributed by atoms with Gasteiger partial charge in [-0.1, -0.05) is 24.3 Å². The number of methoxy groups -OCH3 is 1. The Labute approximate surface area is 194 Å². The van der Waals surface area contributed by atoms with Crippen LogP contribution in [0.1, 0.15) is 15.9 Å². The fourth-order valence-corrected chi connectivity index (χ4v) is 4.41. The number of rotatable bonds is 7. The molecule has 0 spiro atoms. The van der Waals surface area contributed by atoms with E-state index >= 15 is 0 Å². The number of hydrazone groups is 1. The smallest absolute Gasteiger partial charge is 0.341 e. The first kappa shape index (κ1) is 22.0. The van der Waals surface area contributed by atoms with Gasteiger partial charge in [-0.2, -0.15) is 5.10 Å². The fourth-order valence-electron chi connectivity index (χ4n) is 2.75. The van der Waals surface area contributed by atoms with E-state index in [1.54, 1.807) is 24.3 Å². The van der Waals surface area contributed by atoms with E-state index in [1.165, 1.54) is 13.3 Å². The summed E-state index contributed by atoms with van der Waals surface area (Å²) in [5.74, 6) is -0.783. The molecule has 0 unspecified atom stereocenters. The number of carbonyl (C=O) groups excluding carboxylic acids is 1. The fraction of sp³-hybridized carbons (Fsp3) is 0.0952. The molecule has 0 saturated carbocycles. The molecular formula is C21H16BrIN2O5. The molecule has 3 rings (SSSR count). The quantitative estimate of drug-likeness (QED) is 0.244. The number of benzene rings is 3. The number of amides is 1. The lowest BCUT2D eigenvalue weighted by Crippen LogP contribution is -2.18. The molecule has 0 bridgehead atoms. The van der Waals surface area contributed by atoms with Gasteiger partial charge in [-0.05, 0) is 73.6 Å². The first-order chi connectivity index (χ1) is 14.4. The summed E-state index contributed by atoms with van der Waals surface area (Å²) in [6, 6.07) is 14.7. The molecule has 0 aliphatic rings. The summed E-state index contributed by atoms with van der Waals surface area (Å²) in [5.41, 5.74) is 3.34. The van der Waals surface area contributed by atoms with Crippen LogP contribution in [0.15, 0.2) is 58.1 Å². The average Bonchev–Trinajstić information content (AvgIpc) is 2.71. The highest BCUT2D eigenvalue weighted by Gasteiger charge is 2.14. The molecule has 0 aliphatic carbocycles. The van der Waals surface area contributed by atoms with E-state index in [0.717, 1.165) is 14.3 Å². The van der Waals surface area contributed by atoms with Crippen LogP contribution in [0.5, 0.6) is 11.5 Å². The SMILES string of the molecule is COc1cc2ccccc2cc1C(=O)N/N=C\c1cc(I)cc(Br)c1OCC(=O)O. The third-order valence-electron chi connectivity index (χ3n) is 4.06. The van der Waals surface area contributed by atoms with E-state index < -0.39 is 18.5 Å². The predicted molar refractivity (Wildman–Crippen MR) is 126 cm³/mol. The maximum atomic E-state index is 12.7. The first-order valence-electron chi connectivity index (χ1n) is 8.63. The van der Waals surface area contributed by atoms with Crippen molar-refractivity contribution in [3.05, 3.63) is 67.7 Å². The van der Waals surface area contributed by atoms with Gasteiger partial charge in [0.2, 0.25) is 0 Å². The summed E-state index contributed by atoms with van der Waals surface area (Å²) in [5, 5.41) is 14.7. The van der Waals surface area contributed by atoms with Crippen molar-refractivity contribution >= 4 is 67.4 Å². The Morgan fingerprint density at radius 1 is 1.20 bits per heavy atom. The molecular weight excluding hydrogens is 567 g/mol. The van der Waals surface area contributed by atoms with Gasteiger partial charge in [0.25, 0.3) is 5.91 Å². The number of ether oxygens (including phenoxy) is 2. The van der Waals surface area contributed by atoms with Crippen LogP contribution in [-0.4, -0.2) is 36.9 Å². The van der Waals surface area contributed by atoms with E-state index in [9.17, 15) is 9.59 Å². The molecule has 0 aliphatic heterocycles. The summed E-state index contributed by atoms with van der Waals surface area (Å²) in [6.07, 6.45) is 1.40. The number of fused-ring (bicyclic) bond motifs is 1. The van der Waals surface area contributed by atoms with Crippen LogP contribution in [0.25, 0.3) is 10.8 Å². The number of carbonyl (C=O) groups is 2. The predicted octanol–water partition coefficient (Wildman–Crippen LogP) is 4.44. The normalized spacial score (nSPS) is 10.9. The first-order valence-corrected chi connectivity index (χ1v) is 10.5. The van der Waals surface area contributed by atoms with Gasteiger partial charge in [0.1, 0.15) is 11.5 Å². The lowest BCUT2D eigenvalue weighted by atomic mass is 10.1. The van der Waals surface area contributed by atoms with Crippen molar-refractivity contribution in [3.63, 3.8) is 0 Å². The van der Waals surface area contributed by atoms with Gasteiger partial charge in [-0.25, -0.2) is 10.2 Å². The molecule has 2 N–H and O–H groups in total. The number of aliphatic carboxylic acids is 1. The molecule has 0 saturated heterocycles. The van der Waals surface area contributed by atoms with Gasteiger partial charge in [-0.3, -0.25) is 4.79 Å². The highest BCUT2D eigenvalue weighted by Crippen LogP contribution is 2.31. The van der Waals surface area contributed by atoms with Gasteiger partial charge in [0, 0.05) is 9.13 Å². The molecule has 1 amide bonds. The minimum absolute atomic E-state index is 0.319. The molecule has 0 radical (unpaired) electrons. The van der Waals surface area contributed by atoms with E-state index in [4.69, 9.17) is 14.6 Å². The van der Waals surface area contributed by atoms with Gasteiger partial charge in [0.05, 0.1) is 23.4 Å². The maximum Gasteiger partial charge on any atom is 0.341 e. The third kappa shape index (κ3) is 5.28. The second kappa shape index (κ2) is 9.90. The topological polar surface area (TPSA) is 97.2 Å². The number of nitrogens with one attached hydrogen (secondary N) is 1. The summed E-state index contributed by atoms with van der Waals surface area (Å²) in [7, 11) is 1.50. The summed E-state index contributed by atoms with van der Waals surface area (Å²) in [4.78, 5) is 23.5. The van der Waals surface area contributed by atoms with Gasteiger partial charge < -0.3 is 14.6 Å². The Morgan fingerprint density at radius 2 is 1.90 bits per heavy atom. The number of halogens is 2. The second-order valence-corrected chi connectivity index (χ2v) is 8.19. The molecule has 0 fully saturated rings. The van der Waals surface area contributed by atoms with Crippen LogP contribution < -0.4 is 14.9 Å². The average molecular weight is 583 g/mol. The lowest BCUT2D eigenvalue weighted by Gasteiger charge is -2.11. The van der Waals surface area contributed by atoms with Crippen LogP contribution >= 0.6 is 38.5 Å². The van der Waals surface area contributed by atoms with E-state index in [0.29, 0.717) is 27.1 Å². The molecule has 3 aromatic carbocycles. The highest BCUT2D eigenvalue weighted by molar-refractivity contribution is 14.1. The zero-order valence-corrected chi connectivity index (χ0v) is 19.4. The molecule has 7 nitrogen and oxygen atoms in total. The Kier molecular flexibility index (Phi) is 7.27. The number of nitrogens with zero attached hydrogens (tertiary/aromatic N) is 1. The number of carboxylic acid groups (broad SMARTS) is 1. The molecule has 0 heterocycles.